The molecule has 1 N–H and O–H groups in total. The van der Waals surface area contributed by atoms with E-state index in [2.05, 4.69) is 27.4 Å². The van der Waals surface area contributed by atoms with Gasteiger partial charge in [0.25, 0.3) is 0 Å². The Bertz CT molecular complexity index is 840. The lowest BCUT2D eigenvalue weighted by atomic mass is 10.2. The molecule has 3 nitrogen and oxygen atoms in total. The van der Waals surface area contributed by atoms with E-state index in [0.717, 1.165) is 16.9 Å². The highest BCUT2D eigenvalue weighted by atomic mass is 35.5. The summed E-state index contributed by atoms with van der Waals surface area (Å²) < 4.78 is 0. The van der Waals surface area contributed by atoms with E-state index in [4.69, 9.17) is 11.6 Å². The number of nitrogens with zero attached hydrogens (tertiary/aromatic N) is 2. The summed E-state index contributed by atoms with van der Waals surface area (Å²) in [6.07, 6.45) is 9.66. The number of anilines is 2. The predicted octanol–water partition coefficient (Wildman–Crippen LogP) is 5.60. The molecule has 0 unspecified atom stereocenters. The molecule has 0 aliphatic rings. The van der Waals surface area contributed by atoms with Crippen LogP contribution < -0.4 is 5.32 Å². The first-order valence-corrected chi connectivity index (χ1v) is 7.93. The summed E-state index contributed by atoms with van der Waals surface area (Å²) in [5.41, 5.74) is 2.89. The van der Waals surface area contributed by atoms with Gasteiger partial charge in [0.15, 0.2) is 0 Å². The average molecular weight is 334 g/mol. The van der Waals surface area contributed by atoms with Crippen LogP contribution in [0.1, 0.15) is 11.3 Å². The van der Waals surface area contributed by atoms with Crippen LogP contribution in [0.15, 0.2) is 79.0 Å². The van der Waals surface area contributed by atoms with Crippen molar-refractivity contribution < 1.29 is 0 Å². The Hall–Kier alpha value is -2.91. The largest absolute Gasteiger partial charge is 0.324 e. The number of hydrogen-bond acceptors (Lipinski definition) is 3. The molecule has 1 heterocycles. The van der Waals surface area contributed by atoms with Crippen LogP contribution in [0.4, 0.5) is 11.6 Å². The smallest absolute Gasteiger partial charge is 0.227 e. The summed E-state index contributed by atoms with van der Waals surface area (Å²) in [6, 6.07) is 19.4. The molecule has 4 heteroatoms. The van der Waals surface area contributed by atoms with E-state index in [9.17, 15) is 0 Å². The number of hydrogen-bond donors (Lipinski definition) is 1. The van der Waals surface area contributed by atoms with E-state index in [0.29, 0.717) is 11.0 Å². The van der Waals surface area contributed by atoms with Crippen LogP contribution in [-0.2, 0) is 0 Å². The second-order valence-corrected chi connectivity index (χ2v) is 5.50. The molecule has 0 saturated carbocycles. The zero-order chi connectivity index (χ0) is 16.6. The third-order valence-corrected chi connectivity index (χ3v) is 3.50. The van der Waals surface area contributed by atoms with Crippen molar-refractivity contribution in [1.29, 1.82) is 0 Å². The molecule has 0 amide bonds. The van der Waals surface area contributed by atoms with E-state index >= 15 is 0 Å². The minimum Gasteiger partial charge on any atom is -0.324 e. The van der Waals surface area contributed by atoms with Crippen LogP contribution in [0.3, 0.4) is 0 Å². The Balaban J connectivity index is 1.65. The summed E-state index contributed by atoms with van der Waals surface area (Å²) in [4.78, 5) is 8.68. The molecule has 0 aliphatic heterocycles. The highest BCUT2D eigenvalue weighted by Crippen LogP contribution is 2.16. The number of benzene rings is 2. The summed E-state index contributed by atoms with van der Waals surface area (Å²) in [7, 11) is 0. The molecule has 2 aromatic carbocycles. The van der Waals surface area contributed by atoms with Gasteiger partial charge < -0.3 is 5.32 Å². The monoisotopic (exact) mass is 333 g/mol. The summed E-state index contributed by atoms with van der Waals surface area (Å²) in [5, 5.41) is 3.85. The molecule has 0 fully saturated rings. The number of nitrogens with one attached hydrogen (secondary N) is 1. The zero-order valence-corrected chi connectivity index (χ0v) is 13.7. The first kappa shape index (κ1) is 16.0. The fourth-order valence-corrected chi connectivity index (χ4v) is 2.20. The van der Waals surface area contributed by atoms with Crippen molar-refractivity contribution in [3.05, 3.63) is 95.3 Å². The van der Waals surface area contributed by atoms with Crippen molar-refractivity contribution in [2.24, 2.45) is 0 Å². The van der Waals surface area contributed by atoms with Gasteiger partial charge >= 0.3 is 0 Å². The van der Waals surface area contributed by atoms with E-state index in [1.165, 1.54) is 0 Å². The van der Waals surface area contributed by atoms with Gasteiger partial charge in [-0.1, -0.05) is 60.2 Å². The lowest BCUT2D eigenvalue weighted by molar-refractivity contribution is 1.15. The van der Waals surface area contributed by atoms with Crippen LogP contribution in [0.2, 0.25) is 5.02 Å². The van der Waals surface area contributed by atoms with Crippen molar-refractivity contribution >= 4 is 35.4 Å². The SMILES string of the molecule is Clc1ccc(Nc2nccc(/C=C/C=C\c3ccccc3)n2)cc1. The van der Waals surface area contributed by atoms with Crippen LogP contribution in [-0.4, -0.2) is 9.97 Å². The second-order valence-electron chi connectivity index (χ2n) is 5.07. The fraction of sp³-hybridized carbons (Fsp3) is 0. The lowest BCUT2D eigenvalue weighted by Gasteiger charge is -2.04. The lowest BCUT2D eigenvalue weighted by Crippen LogP contribution is -1.97. The predicted molar refractivity (Wildman–Crippen MR) is 101 cm³/mol. The van der Waals surface area contributed by atoms with Crippen LogP contribution >= 0.6 is 11.6 Å². The Morgan fingerprint density at radius 2 is 1.58 bits per heavy atom. The Morgan fingerprint density at radius 1 is 0.833 bits per heavy atom. The van der Waals surface area contributed by atoms with Gasteiger partial charge in [0.05, 0.1) is 5.69 Å². The van der Waals surface area contributed by atoms with E-state index in [1.807, 2.05) is 72.8 Å². The van der Waals surface area contributed by atoms with Gasteiger partial charge in [0.2, 0.25) is 5.95 Å². The maximum absolute atomic E-state index is 5.88. The molecule has 0 spiro atoms. The van der Waals surface area contributed by atoms with E-state index in [-0.39, 0.29) is 0 Å². The second kappa shape index (κ2) is 8.09. The Morgan fingerprint density at radius 3 is 2.38 bits per heavy atom. The third kappa shape index (κ3) is 4.80. The number of allylic oxidation sites excluding steroid dienone is 2. The van der Waals surface area contributed by atoms with Crippen molar-refractivity contribution in [3.8, 4) is 0 Å². The molecule has 118 valence electrons. The minimum atomic E-state index is 0.548. The maximum atomic E-state index is 5.88. The van der Waals surface area contributed by atoms with Crippen LogP contribution in [0.25, 0.3) is 12.2 Å². The molecule has 0 bridgehead atoms. The van der Waals surface area contributed by atoms with Gasteiger partial charge in [0.1, 0.15) is 0 Å². The van der Waals surface area contributed by atoms with Crippen molar-refractivity contribution in [2.75, 3.05) is 5.32 Å². The minimum absolute atomic E-state index is 0.548. The van der Waals surface area contributed by atoms with Crippen molar-refractivity contribution in [1.82, 2.24) is 9.97 Å². The Labute approximate surface area is 146 Å². The van der Waals surface area contributed by atoms with Gasteiger partial charge in [-0.25, -0.2) is 9.97 Å². The molecule has 3 aromatic rings. The summed E-state index contributed by atoms with van der Waals surface area (Å²) in [6.45, 7) is 0. The molecular weight excluding hydrogens is 318 g/mol. The van der Waals surface area contributed by atoms with Gasteiger partial charge in [-0.2, -0.15) is 0 Å². The summed E-state index contributed by atoms with van der Waals surface area (Å²) in [5.74, 6) is 0.548. The standard InChI is InChI=1S/C20H16ClN3/c21-17-10-12-19(13-11-17)24-20-22-15-14-18(23-20)9-5-4-8-16-6-2-1-3-7-16/h1-15H,(H,22,23,24)/b8-4-,9-5+. The van der Waals surface area contributed by atoms with Crippen LogP contribution in [0, 0.1) is 0 Å². The highest BCUT2D eigenvalue weighted by Gasteiger charge is 1.98. The first-order chi connectivity index (χ1) is 11.8. The zero-order valence-electron chi connectivity index (χ0n) is 12.9. The molecular formula is C20H16ClN3. The molecule has 0 saturated heterocycles. The Kier molecular flexibility index (Phi) is 5.38. The molecule has 0 aliphatic carbocycles. The third-order valence-electron chi connectivity index (χ3n) is 3.24. The van der Waals surface area contributed by atoms with Gasteiger partial charge in [-0.05, 0) is 42.0 Å². The topological polar surface area (TPSA) is 37.8 Å². The quantitative estimate of drug-likeness (QED) is 0.617. The average Bonchev–Trinajstić information content (AvgIpc) is 2.62. The van der Waals surface area contributed by atoms with Crippen LogP contribution in [0.5, 0.6) is 0 Å². The molecule has 0 radical (unpaired) electrons. The van der Waals surface area contributed by atoms with Crippen molar-refractivity contribution in [2.45, 2.75) is 0 Å². The highest BCUT2D eigenvalue weighted by molar-refractivity contribution is 6.30. The molecule has 24 heavy (non-hydrogen) atoms. The number of aromatic nitrogens is 2. The van der Waals surface area contributed by atoms with Gasteiger partial charge in [-0.15, -0.1) is 0 Å². The molecule has 0 atom stereocenters. The van der Waals surface area contributed by atoms with Gasteiger partial charge in [-0.3, -0.25) is 0 Å². The maximum Gasteiger partial charge on any atom is 0.227 e. The number of halogens is 1. The molecule has 1 aromatic heterocycles. The normalized spacial score (nSPS) is 11.2. The van der Waals surface area contributed by atoms with E-state index < -0.39 is 0 Å². The summed E-state index contributed by atoms with van der Waals surface area (Å²) >= 11 is 5.88. The van der Waals surface area contributed by atoms with Crippen molar-refractivity contribution in [3.63, 3.8) is 0 Å². The fourth-order valence-electron chi connectivity index (χ4n) is 2.07. The first-order valence-electron chi connectivity index (χ1n) is 7.55. The van der Waals surface area contributed by atoms with Gasteiger partial charge in [0, 0.05) is 16.9 Å². The van der Waals surface area contributed by atoms with E-state index in [1.54, 1.807) is 6.20 Å². The number of rotatable bonds is 5. The molecule has 3 rings (SSSR count).